The van der Waals surface area contributed by atoms with Crippen molar-refractivity contribution in [2.24, 2.45) is 4.99 Å². The maximum absolute atomic E-state index is 5.57. The number of aryl methyl sites for hydroxylation is 1. The lowest BCUT2D eigenvalue weighted by atomic mass is 9.99. The van der Waals surface area contributed by atoms with Crippen LogP contribution in [0.25, 0.3) is 0 Å². The Balaban J connectivity index is 0.00000364. The van der Waals surface area contributed by atoms with Gasteiger partial charge in [0.2, 0.25) is 0 Å². The van der Waals surface area contributed by atoms with Gasteiger partial charge < -0.3 is 15.4 Å². The van der Waals surface area contributed by atoms with Gasteiger partial charge in [-0.1, -0.05) is 37.3 Å². The van der Waals surface area contributed by atoms with Gasteiger partial charge in [0.05, 0.1) is 6.54 Å². The van der Waals surface area contributed by atoms with Gasteiger partial charge in [-0.2, -0.15) is 11.8 Å². The summed E-state index contributed by atoms with van der Waals surface area (Å²) in [5.74, 6) is 2.07. The second-order valence-electron chi connectivity index (χ2n) is 6.99. The quantitative estimate of drug-likeness (QED) is 0.295. The summed E-state index contributed by atoms with van der Waals surface area (Å²) in [5, 5.41) is 6.99. The fourth-order valence-corrected chi connectivity index (χ4v) is 4.50. The molecule has 0 amide bonds. The molecule has 154 valence electrons. The second kappa shape index (κ2) is 13.7. The van der Waals surface area contributed by atoms with E-state index >= 15 is 0 Å². The van der Waals surface area contributed by atoms with E-state index in [1.54, 1.807) is 0 Å². The molecule has 1 aromatic rings. The second-order valence-corrected chi connectivity index (χ2v) is 8.73. The van der Waals surface area contributed by atoms with Crippen LogP contribution in [-0.2, 0) is 11.2 Å². The highest BCUT2D eigenvalue weighted by molar-refractivity contribution is 14.0. The first-order valence-corrected chi connectivity index (χ1v) is 11.0. The third kappa shape index (κ3) is 9.05. The molecule has 0 saturated carbocycles. The Kier molecular flexibility index (Phi) is 12.4. The molecule has 1 aromatic carbocycles. The van der Waals surface area contributed by atoms with Crippen molar-refractivity contribution in [3.05, 3.63) is 35.9 Å². The van der Waals surface area contributed by atoms with E-state index < -0.39 is 0 Å². The first-order chi connectivity index (χ1) is 12.7. The molecule has 0 spiro atoms. The van der Waals surface area contributed by atoms with Gasteiger partial charge >= 0.3 is 0 Å². The number of guanidine groups is 1. The zero-order valence-electron chi connectivity index (χ0n) is 17.0. The minimum Gasteiger partial charge on any atom is -0.381 e. The van der Waals surface area contributed by atoms with Crippen molar-refractivity contribution in [3.63, 3.8) is 0 Å². The van der Waals surface area contributed by atoms with Gasteiger partial charge in [-0.25, -0.2) is 0 Å². The lowest BCUT2D eigenvalue weighted by Crippen LogP contribution is -2.44. The highest BCUT2D eigenvalue weighted by atomic mass is 127. The smallest absolute Gasteiger partial charge is 0.191 e. The summed E-state index contributed by atoms with van der Waals surface area (Å²) >= 11 is 2.04. The lowest BCUT2D eigenvalue weighted by molar-refractivity contribution is 0.0793. The number of ether oxygens (including phenoxy) is 1. The van der Waals surface area contributed by atoms with E-state index in [-0.39, 0.29) is 28.7 Å². The molecule has 0 bridgehead atoms. The number of hydrogen-bond donors (Lipinski definition) is 2. The van der Waals surface area contributed by atoms with Crippen LogP contribution in [0.3, 0.4) is 0 Å². The van der Waals surface area contributed by atoms with Crippen LogP contribution < -0.4 is 10.6 Å². The molecule has 1 saturated heterocycles. The number of hydrogen-bond acceptors (Lipinski definition) is 3. The predicted molar refractivity (Wildman–Crippen MR) is 130 cm³/mol. The van der Waals surface area contributed by atoms with Gasteiger partial charge in [0, 0.05) is 30.5 Å². The van der Waals surface area contributed by atoms with Crippen LogP contribution in [0.5, 0.6) is 0 Å². The van der Waals surface area contributed by atoms with Crippen LogP contribution in [0.15, 0.2) is 35.3 Å². The van der Waals surface area contributed by atoms with Gasteiger partial charge in [0.25, 0.3) is 0 Å². The number of aliphatic imine (C=N–C) groups is 1. The monoisotopic (exact) mass is 505 g/mol. The van der Waals surface area contributed by atoms with Crippen molar-refractivity contribution >= 4 is 41.7 Å². The standard InChI is InChI=1S/C21H35N3OS.HI/c1-4-22-20(23-17-21(26-5-2)13-15-25-16-14-21)24-18(3)11-12-19-9-7-6-8-10-19;/h6-10,18H,4-5,11-17H2,1-3H3,(H2,22,23,24);1H. The molecule has 1 atom stereocenters. The largest absolute Gasteiger partial charge is 0.381 e. The Morgan fingerprint density at radius 3 is 2.56 bits per heavy atom. The van der Waals surface area contributed by atoms with E-state index in [0.717, 1.165) is 63.7 Å². The molecular weight excluding hydrogens is 469 g/mol. The van der Waals surface area contributed by atoms with Gasteiger partial charge in [-0.15, -0.1) is 24.0 Å². The Bertz CT molecular complexity index is 530. The average Bonchev–Trinajstić information content (AvgIpc) is 2.67. The summed E-state index contributed by atoms with van der Waals surface area (Å²) in [6.07, 6.45) is 4.37. The average molecular weight is 506 g/mol. The van der Waals surface area contributed by atoms with E-state index in [4.69, 9.17) is 9.73 Å². The van der Waals surface area contributed by atoms with Crippen LogP contribution in [0.1, 0.15) is 45.6 Å². The van der Waals surface area contributed by atoms with E-state index in [0.29, 0.717) is 6.04 Å². The van der Waals surface area contributed by atoms with E-state index in [2.05, 4.69) is 61.7 Å². The summed E-state index contributed by atoms with van der Waals surface area (Å²) in [6, 6.07) is 11.1. The summed E-state index contributed by atoms with van der Waals surface area (Å²) < 4.78 is 5.81. The van der Waals surface area contributed by atoms with Crippen molar-refractivity contribution in [1.29, 1.82) is 0 Å². The SMILES string of the molecule is CCNC(=NCC1(SCC)CCOCC1)NC(C)CCc1ccccc1.I. The van der Waals surface area contributed by atoms with Crippen molar-refractivity contribution in [3.8, 4) is 0 Å². The zero-order valence-corrected chi connectivity index (χ0v) is 20.1. The van der Waals surface area contributed by atoms with E-state index in [9.17, 15) is 0 Å². The Hall–Kier alpha value is -0.470. The molecule has 0 radical (unpaired) electrons. The van der Waals surface area contributed by atoms with E-state index in [1.807, 2.05) is 11.8 Å². The molecule has 27 heavy (non-hydrogen) atoms. The summed E-state index contributed by atoms with van der Waals surface area (Å²) in [4.78, 5) is 4.94. The normalized spacial score (nSPS) is 17.7. The third-order valence-electron chi connectivity index (χ3n) is 4.82. The predicted octanol–water partition coefficient (Wildman–Crippen LogP) is 4.48. The van der Waals surface area contributed by atoms with Crippen LogP contribution in [0.4, 0.5) is 0 Å². The van der Waals surface area contributed by atoms with Gasteiger partial charge in [-0.3, -0.25) is 4.99 Å². The first kappa shape index (κ1) is 24.6. The van der Waals surface area contributed by atoms with Crippen molar-refractivity contribution < 1.29 is 4.74 Å². The van der Waals surface area contributed by atoms with Gasteiger partial charge in [0.1, 0.15) is 0 Å². The molecule has 4 nitrogen and oxygen atoms in total. The number of thioether (sulfide) groups is 1. The van der Waals surface area contributed by atoms with E-state index in [1.165, 1.54) is 5.56 Å². The molecule has 1 aliphatic rings. The van der Waals surface area contributed by atoms with Gasteiger partial charge in [0.15, 0.2) is 5.96 Å². The molecule has 1 aliphatic heterocycles. The van der Waals surface area contributed by atoms with Crippen molar-refractivity contribution in [1.82, 2.24) is 10.6 Å². The number of nitrogens with zero attached hydrogens (tertiary/aromatic N) is 1. The minimum absolute atomic E-state index is 0. The Morgan fingerprint density at radius 2 is 1.93 bits per heavy atom. The minimum atomic E-state index is 0. The molecule has 2 N–H and O–H groups in total. The Labute approximate surface area is 186 Å². The summed E-state index contributed by atoms with van der Waals surface area (Å²) in [5.41, 5.74) is 1.39. The number of halogens is 1. The Morgan fingerprint density at radius 1 is 1.22 bits per heavy atom. The first-order valence-electron chi connectivity index (χ1n) is 9.98. The molecule has 1 unspecified atom stereocenters. The maximum atomic E-state index is 5.57. The molecule has 0 aliphatic carbocycles. The third-order valence-corrected chi connectivity index (χ3v) is 6.25. The highest BCUT2D eigenvalue weighted by Gasteiger charge is 2.32. The van der Waals surface area contributed by atoms with Gasteiger partial charge in [-0.05, 0) is 50.8 Å². The highest BCUT2D eigenvalue weighted by Crippen LogP contribution is 2.35. The fourth-order valence-electron chi connectivity index (χ4n) is 3.27. The van der Waals surface area contributed by atoms with Crippen LogP contribution in [0, 0.1) is 0 Å². The number of benzene rings is 1. The fraction of sp³-hybridized carbons (Fsp3) is 0.667. The van der Waals surface area contributed by atoms with Crippen molar-refractivity contribution in [2.75, 3.05) is 32.1 Å². The molecule has 0 aromatic heterocycles. The van der Waals surface area contributed by atoms with Crippen LogP contribution in [-0.4, -0.2) is 48.8 Å². The van der Waals surface area contributed by atoms with Crippen molar-refractivity contribution in [2.45, 2.75) is 57.2 Å². The topological polar surface area (TPSA) is 45.7 Å². The molecule has 6 heteroatoms. The molecule has 1 heterocycles. The summed E-state index contributed by atoms with van der Waals surface area (Å²) in [6.45, 7) is 10.1. The molecule has 1 fully saturated rings. The molecule has 2 rings (SSSR count). The maximum Gasteiger partial charge on any atom is 0.191 e. The van der Waals surface area contributed by atoms with Crippen LogP contribution >= 0.6 is 35.7 Å². The summed E-state index contributed by atoms with van der Waals surface area (Å²) in [7, 11) is 0. The lowest BCUT2D eigenvalue weighted by Gasteiger charge is -2.35. The molecular formula is C21H36IN3OS. The van der Waals surface area contributed by atoms with Crippen LogP contribution in [0.2, 0.25) is 0 Å². The number of rotatable bonds is 9. The zero-order chi connectivity index (χ0) is 18.7. The number of nitrogens with one attached hydrogen (secondary N) is 2.